The number of hydrogen-bond donors (Lipinski definition) is 1. The summed E-state index contributed by atoms with van der Waals surface area (Å²) < 4.78 is 18.2. The van der Waals surface area contributed by atoms with Gasteiger partial charge in [0.1, 0.15) is 28.8 Å². The van der Waals surface area contributed by atoms with Crippen molar-refractivity contribution in [2.24, 2.45) is 5.73 Å². The lowest BCUT2D eigenvalue weighted by atomic mass is 10.2. The molecule has 0 unspecified atom stereocenters. The van der Waals surface area contributed by atoms with E-state index in [0.29, 0.717) is 11.0 Å². The largest absolute Gasteiger partial charge is 0.457 e. The van der Waals surface area contributed by atoms with E-state index in [0.717, 1.165) is 0 Å². The number of nitrogens with two attached hydrogens (primary N) is 1. The van der Waals surface area contributed by atoms with Gasteiger partial charge in [-0.2, -0.15) is 5.26 Å². The van der Waals surface area contributed by atoms with Gasteiger partial charge in [-0.3, -0.25) is 4.79 Å². The highest BCUT2D eigenvalue weighted by molar-refractivity contribution is 6.00. The van der Waals surface area contributed by atoms with E-state index in [9.17, 15) is 9.18 Å². The third-order valence-corrected chi connectivity index (χ3v) is 2.17. The van der Waals surface area contributed by atoms with Crippen molar-refractivity contribution in [2.45, 2.75) is 0 Å². The van der Waals surface area contributed by atoms with Crippen LogP contribution in [0.3, 0.4) is 0 Å². The van der Waals surface area contributed by atoms with E-state index in [2.05, 4.69) is 0 Å². The van der Waals surface area contributed by atoms with Gasteiger partial charge in [0.2, 0.25) is 0 Å². The van der Waals surface area contributed by atoms with Crippen LogP contribution in [0.2, 0.25) is 0 Å². The van der Waals surface area contributed by atoms with Crippen molar-refractivity contribution >= 4 is 23.0 Å². The fraction of sp³-hybridized carbons (Fsp3) is 0. The number of benzene rings is 1. The minimum atomic E-state index is -0.834. The van der Waals surface area contributed by atoms with Gasteiger partial charge in [-0.05, 0) is 24.3 Å². The SMILES string of the molecule is N#C/C(=C\c1cc2cc(F)ccc2o1)C(N)=O. The van der Waals surface area contributed by atoms with Crippen LogP contribution in [0.4, 0.5) is 4.39 Å². The number of amides is 1. The summed E-state index contributed by atoms with van der Waals surface area (Å²) in [4.78, 5) is 10.8. The molecule has 1 amide bonds. The van der Waals surface area contributed by atoms with E-state index in [4.69, 9.17) is 15.4 Å². The Labute approximate surface area is 95.7 Å². The summed E-state index contributed by atoms with van der Waals surface area (Å²) in [5.41, 5.74) is 5.24. The number of primary amides is 1. The van der Waals surface area contributed by atoms with Gasteiger partial charge < -0.3 is 10.2 Å². The first kappa shape index (κ1) is 10.9. The Morgan fingerprint density at radius 2 is 2.24 bits per heavy atom. The predicted octanol–water partition coefficient (Wildman–Crippen LogP) is 1.96. The molecule has 0 saturated carbocycles. The smallest absolute Gasteiger partial charge is 0.259 e. The molecule has 2 rings (SSSR count). The number of fused-ring (bicyclic) bond motifs is 1. The van der Waals surface area contributed by atoms with Crippen molar-refractivity contribution in [1.82, 2.24) is 0 Å². The molecule has 0 atom stereocenters. The average Bonchev–Trinajstić information content (AvgIpc) is 2.66. The molecule has 0 aliphatic heterocycles. The highest BCUT2D eigenvalue weighted by Crippen LogP contribution is 2.21. The van der Waals surface area contributed by atoms with Crippen molar-refractivity contribution in [3.05, 3.63) is 41.4 Å². The monoisotopic (exact) mass is 230 g/mol. The van der Waals surface area contributed by atoms with Crippen molar-refractivity contribution in [1.29, 1.82) is 5.26 Å². The summed E-state index contributed by atoms with van der Waals surface area (Å²) in [7, 11) is 0. The fourth-order valence-corrected chi connectivity index (χ4v) is 1.41. The summed E-state index contributed by atoms with van der Waals surface area (Å²) in [5, 5.41) is 9.21. The molecule has 0 radical (unpaired) electrons. The van der Waals surface area contributed by atoms with E-state index in [1.807, 2.05) is 0 Å². The highest BCUT2D eigenvalue weighted by Gasteiger charge is 2.07. The summed E-state index contributed by atoms with van der Waals surface area (Å²) >= 11 is 0. The van der Waals surface area contributed by atoms with Gasteiger partial charge in [0.25, 0.3) is 5.91 Å². The molecule has 1 aromatic heterocycles. The number of halogens is 1. The van der Waals surface area contributed by atoms with E-state index in [1.54, 1.807) is 6.07 Å². The van der Waals surface area contributed by atoms with Crippen LogP contribution < -0.4 is 5.73 Å². The first-order valence-electron chi connectivity index (χ1n) is 4.71. The standard InChI is InChI=1S/C12H7FN2O2/c13-9-1-2-11-7(3-9)4-10(17-11)5-8(6-14)12(15)16/h1-5H,(H2,15,16)/b8-5+. The summed E-state index contributed by atoms with van der Waals surface area (Å²) in [5.74, 6) is -0.940. The first-order valence-corrected chi connectivity index (χ1v) is 4.71. The summed E-state index contributed by atoms with van der Waals surface area (Å²) in [6.07, 6.45) is 1.22. The Bertz CT molecular complexity index is 665. The van der Waals surface area contributed by atoms with Crippen LogP contribution in [-0.2, 0) is 4.79 Å². The van der Waals surface area contributed by atoms with Gasteiger partial charge in [0, 0.05) is 11.5 Å². The minimum Gasteiger partial charge on any atom is -0.457 e. The lowest BCUT2D eigenvalue weighted by Crippen LogP contribution is -2.12. The maximum atomic E-state index is 12.9. The molecule has 0 saturated heterocycles. The lowest BCUT2D eigenvalue weighted by molar-refractivity contribution is -0.114. The number of furan rings is 1. The Morgan fingerprint density at radius 3 is 2.88 bits per heavy atom. The fourth-order valence-electron chi connectivity index (χ4n) is 1.41. The zero-order valence-corrected chi connectivity index (χ0v) is 8.61. The molecule has 0 spiro atoms. The Morgan fingerprint density at radius 1 is 1.47 bits per heavy atom. The number of carbonyl (C=O) groups is 1. The van der Waals surface area contributed by atoms with Gasteiger partial charge in [-0.25, -0.2) is 4.39 Å². The molecule has 2 N–H and O–H groups in total. The molecule has 1 heterocycles. The summed E-state index contributed by atoms with van der Waals surface area (Å²) in [6, 6.07) is 7.22. The molecular weight excluding hydrogens is 223 g/mol. The second-order valence-electron chi connectivity index (χ2n) is 3.36. The van der Waals surface area contributed by atoms with Crippen LogP contribution in [0.15, 0.2) is 34.3 Å². The number of rotatable bonds is 2. The van der Waals surface area contributed by atoms with Crippen molar-refractivity contribution in [3.63, 3.8) is 0 Å². The van der Waals surface area contributed by atoms with Crippen molar-refractivity contribution < 1.29 is 13.6 Å². The van der Waals surface area contributed by atoms with Crippen LogP contribution in [0, 0.1) is 17.1 Å². The van der Waals surface area contributed by atoms with E-state index >= 15 is 0 Å². The number of nitrogens with zero attached hydrogens (tertiary/aromatic N) is 1. The molecule has 1 aromatic carbocycles. The number of hydrogen-bond acceptors (Lipinski definition) is 3. The van der Waals surface area contributed by atoms with Gasteiger partial charge in [-0.1, -0.05) is 0 Å². The molecule has 0 aliphatic carbocycles. The zero-order valence-electron chi connectivity index (χ0n) is 8.61. The molecule has 5 heteroatoms. The Balaban J connectivity index is 2.51. The second-order valence-corrected chi connectivity index (χ2v) is 3.36. The van der Waals surface area contributed by atoms with E-state index in [1.165, 1.54) is 30.3 Å². The van der Waals surface area contributed by atoms with Gasteiger partial charge in [0.15, 0.2) is 0 Å². The predicted molar refractivity (Wildman–Crippen MR) is 59.0 cm³/mol. The van der Waals surface area contributed by atoms with Crippen molar-refractivity contribution in [3.8, 4) is 6.07 Å². The van der Waals surface area contributed by atoms with E-state index in [-0.39, 0.29) is 17.2 Å². The summed E-state index contributed by atoms with van der Waals surface area (Å²) in [6.45, 7) is 0. The minimum absolute atomic E-state index is 0.218. The lowest BCUT2D eigenvalue weighted by Gasteiger charge is -1.88. The van der Waals surface area contributed by atoms with E-state index < -0.39 is 5.91 Å². The normalized spacial score (nSPS) is 11.4. The van der Waals surface area contributed by atoms with Gasteiger partial charge in [-0.15, -0.1) is 0 Å². The first-order chi connectivity index (χ1) is 8.10. The third-order valence-electron chi connectivity index (χ3n) is 2.17. The maximum Gasteiger partial charge on any atom is 0.259 e. The Hall–Kier alpha value is -2.61. The quantitative estimate of drug-likeness (QED) is 0.632. The molecule has 0 fully saturated rings. The highest BCUT2D eigenvalue weighted by atomic mass is 19.1. The molecule has 17 heavy (non-hydrogen) atoms. The molecular formula is C12H7FN2O2. The molecule has 0 bridgehead atoms. The number of nitriles is 1. The molecule has 2 aromatic rings. The van der Waals surface area contributed by atoms with Crippen molar-refractivity contribution in [2.75, 3.05) is 0 Å². The topological polar surface area (TPSA) is 80.0 Å². The Kier molecular flexibility index (Phi) is 2.63. The third kappa shape index (κ3) is 2.16. The van der Waals surface area contributed by atoms with Crippen LogP contribution in [-0.4, -0.2) is 5.91 Å². The van der Waals surface area contributed by atoms with Crippen LogP contribution >= 0.6 is 0 Å². The van der Waals surface area contributed by atoms with Gasteiger partial charge in [0.05, 0.1) is 0 Å². The van der Waals surface area contributed by atoms with Gasteiger partial charge >= 0.3 is 0 Å². The zero-order chi connectivity index (χ0) is 12.4. The molecule has 84 valence electrons. The second kappa shape index (κ2) is 4.10. The number of carbonyl (C=O) groups excluding carboxylic acids is 1. The van der Waals surface area contributed by atoms with Crippen LogP contribution in [0.25, 0.3) is 17.0 Å². The van der Waals surface area contributed by atoms with Crippen LogP contribution in [0.1, 0.15) is 5.76 Å². The molecule has 0 aliphatic rings. The maximum absolute atomic E-state index is 12.9. The average molecular weight is 230 g/mol. The van der Waals surface area contributed by atoms with Crippen LogP contribution in [0.5, 0.6) is 0 Å². The molecule has 4 nitrogen and oxygen atoms in total.